The monoisotopic (exact) mass is 571 g/mol. The van der Waals surface area contributed by atoms with Gasteiger partial charge in [0, 0.05) is 12.1 Å². The Morgan fingerprint density at radius 1 is 0.929 bits per heavy atom. The van der Waals surface area contributed by atoms with Crippen LogP contribution in [0.5, 0.6) is 5.75 Å². The molecule has 3 aromatic rings. The summed E-state index contributed by atoms with van der Waals surface area (Å²) in [4.78, 5) is 15.4. The van der Waals surface area contributed by atoms with E-state index >= 15 is 0 Å². The number of unbranched alkanes of at least 4 members (excludes halogenated alkanes) is 3. The van der Waals surface area contributed by atoms with Crippen molar-refractivity contribution in [2.24, 2.45) is 0 Å². The van der Waals surface area contributed by atoms with Crippen LogP contribution in [0.3, 0.4) is 0 Å². The molecule has 0 aliphatic carbocycles. The number of likely N-dealkylation sites (tertiary alicyclic amines) is 1. The molecule has 0 saturated carbocycles. The molecular formula is C37H49NO4. The highest BCUT2D eigenvalue weighted by Crippen LogP contribution is 2.40. The molecule has 1 amide bonds. The lowest BCUT2D eigenvalue weighted by Crippen LogP contribution is -2.43. The molecule has 1 aliphatic heterocycles. The first-order valence-electron chi connectivity index (χ1n) is 15.8. The van der Waals surface area contributed by atoms with Crippen LogP contribution < -0.4 is 4.74 Å². The fourth-order valence-electron chi connectivity index (χ4n) is 5.84. The molecule has 0 radical (unpaired) electrons. The third-order valence-corrected chi connectivity index (χ3v) is 8.51. The van der Waals surface area contributed by atoms with Crippen molar-refractivity contribution in [2.75, 3.05) is 13.2 Å². The Kier molecular flexibility index (Phi) is 12.0. The molecule has 4 rings (SSSR count). The number of carbonyl (C=O) groups is 1. The number of amides is 1. The molecule has 0 aromatic heterocycles. The average molecular weight is 572 g/mol. The van der Waals surface area contributed by atoms with E-state index in [4.69, 9.17) is 9.47 Å². The average Bonchev–Trinajstić information content (AvgIpc) is 3.01. The van der Waals surface area contributed by atoms with Gasteiger partial charge in [-0.25, -0.2) is 0 Å². The highest BCUT2D eigenvalue weighted by Gasteiger charge is 2.34. The summed E-state index contributed by atoms with van der Waals surface area (Å²) in [6.45, 7) is 8.69. The lowest BCUT2D eigenvalue weighted by Gasteiger charge is -2.39. The number of aliphatic hydroxyl groups is 1. The second-order valence-electron chi connectivity index (χ2n) is 12.3. The van der Waals surface area contributed by atoms with Crippen molar-refractivity contribution < 1.29 is 19.4 Å². The molecule has 226 valence electrons. The lowest BCUT2D eigenvalue weighted by molar-refractivity contribution is -0.138. The number of rotatable bonds is 15. The van der Waals surface area contributed by atoms with E-state index in [1.54, 1.807) is 0 Å². The van der Waals surface area contributed by atoms with Crippen LogP contribution in [0, 0.1) is 0 Å². The molecule has 1 N–H and O–H groups in total. The molecule has 0 bridgehead atoms. The number of aliphatic hydroxyl groups excluding tert-OH is 1. The standard InChI is InChI=1S/C37H49NO4/c1-4-5-6-13-22-37(2,3)31-18-19-33(35(25-31)42-28-30-16-11-8-12-17-30)34-26-32(39)20-23-38(34)36(40)21-24-41-27-29-14-9-7-10-15-29/h7-12,14-19,25,32,34,39H,4-6,13,20-24,26-28H2,1-3H3/t32-,34+/m1/s1. The van der Waals surface area contributed by atoms with Gasteiger partial charge >= 0.3 is 0 Å². The van der Waals surface area contributed by atoms with E-state index in [0.717, 1.165) is 28.9 Å². The van der Waals surface area contributed by atoms with Gasteiger partial charge in [0.2, 0.25) is 5.91 Å². The zero-order valence-corrected chi connectivity index (χ0v) is 25.8. The van der Waals surface area contributed by atoms with Gasteiger partial charge in [-0.3, -0.25) is 4.79 Å². The first-order chi connectivity index (χ1) is 20.4. The minimum Gasteiger partial charge on any atom is -0.489 e. The van der Waals surface area contributed by atoms with Gasteiger partial charge in [0.1, 0.15) is 12.4 Å². The number of ether oxygens (including phenoxy) is 2. The second-order valence-corrected chi connectivity index (χ2v) is 12.3. The van der Waals surface area contributed by atoms with Gasteiger partial charge in [-0.05, 0) is 47.4 Å². The maximum Gasteiger partial charge on any atom is 0.225 e. The molecular weight excluding hydrogens is 522 g/mol. The van der Waals surface area contributed by atoms with Crippen molar-refractivity contribution in [1.29, 1.82) is 0 Å². The van der Waals surface area contributed by atoms with Crippen molar-refractivity contribution in [2.45, 2.75) is 103 Å². The van der Waals surface area contributed by atoms with Crippen molar-refractivity contribution >= 4 is 5.91 Å². The largest absolute Gasteiger partial charge is 0.489 e. The lowest BCUT2D eigenvalue weighted by atomic mass is 9.79. The van der Waals surface area contributed by atoms with Crippen LogP contribution in [0.4, 0.5) is 0 Å². The molecule has 1 aliphatic rings. The Hall–Kier alpha value is -3.15. The number of hydrogen-bond donors (Lipinski definition) is 1. The molecule has 5 nitrogen and oxygen atoms in total. The fourth-order valence-corrected chi connectivity index (χ4v) is 5.84. The third kappa shape index (κ3) is 9.17. The number of benzene rings is 3. The molecule has 1 fully saturated rings. The van der Waals surface area contributed by atoms with Gasteiger partial charge in [0.15, 0.2) is 0 Å². The summed E-state index contributed by atoms with van der Waals surface area (Å²) < 4.78 is 12.4. The van der Waals surface area contributed by atoms with Crippen molar-refractivity contribution in [1.82, 2.24) is 4.90 Å². The predicted molar refractivity (Wildman–Crippen MR) is 169 cm³/mol. The number of piperidine rings is 1. The number of carbonyl (C=O) groups excluding carboxylic acids is 1. The number of hydrogen-bond acceptors (Lipinski definition) is 4. The Labute approximate surface area is 252 Å². The van der Waals surface area contributed by atoms with Crippen LogP contribution in [0.1, 0.15) is 100 Å². The molecule has 1 heterocycles. The van der Waals surface area contributed by atoms with Gasteiger partial charge in [-0.15, -0.1) is 0 Å². The van der Waals surface area contributed by atoms with Crippen molar-refractivity contribution in [3.63, 3.8) is 0 Å². The first kappa shape index (κ1) is 31.8. The first-order valence-corrected chi connectivity index (χ1v) is 15.8. The van der Waals surface area contributed by atoms with Crippen LogP contribution in [0.2, 0.25) is 0 Å². The van der Waals surface area contributed by atoms with Gasteiger partial charge < -0.3 is 19.5 Å². The SMILES string of the molecule is CCCCCCC(C)(C)c1ccc([C@@H]2C[C@H](O)CCN2C(=O)CCOCc2ccccc2)c(OCc2ccccc2)c1. The second kappa shape index (κ2) is 15.9. The van der Waals surface area contributed by atoms with Crippen LogP contribution in [-0.4, -0.2) is 35.2 Å². The minimum absolute atomic E-state index is 0.00874. The van der Waals surface area contributed by atoms with E-state index in [2.05, 4.69) is 51.1 Å². The van der Waals surface area contributed by atoms with Crippen molar-refractivity contribution in [3.8, 4) is 5.75 Å². The highest BCUT2D eigenvalue weighted by molar-refractivity contribution is 5.77. The number of nitrogens with zero attached hydrogens (tertiary/aromatic N) is 1. The van der Waals surface area contributed by atoms with E-state index in [0.29, 0.717) is 45.6 Å². The van der Waals surface area contributed by atoms with Crippen LogP contribution in [-0.2, 0) is 28.2 Å². The molecule has 0 unspecified atom stereocenters. The summed E-state index contributed by atoms with van der Waals surface area (Å²) >= 11 is 0. The van der Waals surface area contributed by atoms with Crippen LogP contribution in [0.15, 0.2) is 78.9 Å². The summed E-state index contributed by atoms with van der Waals surface area (Å²) in [7, 11) is 0. The van der Waals surface area contributed by atoms with E-state index in [9.17, 15) is 9.90 Å². The van der Waals surface area contributed by atoms with Crippen molar-refractivity contribution in [3.05, 3.63) is 101 Å². The summed E-state index contributed by atoms with van der Waals surface area (Å²) in [5, 5.41) is 10.7. The highest BCUT2D eigenvalue weighted by atomic mass is 16.5. The summed E-state index contributed by atoms with van der Waals surface area (Å²) in [5.74, 6) is 0.851. The van der Waals surface area contributed by atoms with E-state index < -0.39 is 6.10 Å². The molecule has 1 saturated heterocycles. The smallest absolute Gasteiger partial charge is 0.225 e. The maximum atomic E-state index is 13.5. The van der Waals surface area contributed by atoms with E-state index in [1.165, 1.54) is 31.2 Å². The quantitative estimate of drug-likeness (QED) is 0.187. The normalized spacial score (nSPS) is 17.3. The minimum atomic E-state index is -0.454. The summed E-state index contributed by atoms with van der Waals surface area (Å²) in [6, 6.07) is 26.5. The molecule has 0 spiro atoms. The Morgan fingerprint density at radius 3 is 2.31 bits per heavy atom. The molecule has 3 aromatic carbocycles. The zero-order valence-electron chi connectivity index (χ0n) is 25.8. The third-order valence-electron chi connectivity index (χ3n) is 8.51. The predicted octanol–water partition coefficient (Wildman–Crippen LogP) is 8.14. The van der Waals surface area contributed by atoms with E-state index in [-0.39, 0.29) is 17.4 Å². The topological polar surface area (TPSA) is 59.0 Å². The van der Waals surface area contributed by atoms with E-state index in [1.807, 2.05) is 53.4 Å². The van der Waals surface area contributed by atoms with Crippen LogP contribution in [0.25, 0.3) is 0 Å². The molecule has 42 heavy (non-hydrogen) atoms. The van der Waals surface area contributed by atoms with Gasteiger partial charge in [0.25, 0.3) is 0 Å². The van der Waals surface area contributed by atoms with Gasteiger partial charge in [-0.2, -0.15) is 0 Å². The van der Waals surface area contributed by atoms with Gasteiger partial charge in [-0.1, -0.05) is 119 Å². The fraction of sp³-hybridized carbons (Fsp3) is 0.486. The zero-order chi connectivity index (χ0) is 29.8. The van der Waals surface area contributed by atoms with Gasteiger partial charge in [0.05, 0.1) is 31.8 Å². The molecule has 2 atom stereocenters. The Balaban J connectivity index is 1.53. The Bertz CT molecular complexity index is 1230. The summed E-state index contributed by atoms with van der Waals surface area (Å²) in [5.41, 5.74) is 4.41. The Morgan fingerprint density at radius 2 is 1.62 bits per heavy atom. The maximum absolute atomic E-state index is 13.5. The van der Waals surface area contributed by atoms with Crippen LogP contribution >= 0.6 is 0 Å². The summed E-state index contributed by atoms with van der Waals surface area (Å²) in [6.07, 6.45) is 7.00. The molecule has 5 heteroatoms.